The molecule has 0 atom stereocenters. The Balaban J connectivity index is 1.81. The quantitative estimate of drug-likeness (QED) is 0.402. The lowest BCUT2D eigenvalue weighted by Crippen LogP contribution is -1.82. The minimum atomic E-state index is 1.30. The van der Waals surface area contributed by atoms with Gasteiger partial charge in [-0.15, -0.1) is 11.8 Å². The van der Waals surface area contributed by atoms with Crippen LogP contribution in [0.5, 0.6) is 0 Å². The van der Waals surface area contributed by atoms with Gasteiger partial charge in [-0.3, -0.25) is 0 Å². The molecule has 1 aromatic heterocycles. The molecule has 1 aromatic rings. The van der Waals surface area contributed by atoms with Crippen molar-refractivity contribution >= 4 is 23.1 Å². The first-order valence-corrected chi connectivity index (χ1v) is 8.01. The highest BCUT2D eigenvalue weighted by Gasteiger charge is 1.94. The van der Waals surface area contributed by atoms with Gasteiger partial charge in [0.2, 0.25) is 0 Å². The van der Waals surface area contributed by atoms with Gasteiger partial charge in [-0.1, -0.05) is 45.4 Å². The summed E-state index contributed by atoms with van der Waals surface area (Å²) in [5, 5.41) is 4.40. The SMILES string of the molecule is CCCCCCCCCSc1ccsc1. The molecule has 0 spiro atoms. The Hall–Kier alpha value is 0.0500. The van der Waals surface area contributed by atoms with Crippen LogP contribution < -0.4 is 0 Å². The number of rotatable bonds is 9. The third-order valence-corrected chi connectivity index (χ3v) is 4.42. The summed E-state index contributed by atoms with van der Waals surface area (Å²) in [5.74, 6) is 1.30. The highest BCUT2D eigenvalue weighted by atomic mass is 32.2. The van der Waals surface area contributed by atoms with Crippen LogP contribution in [0.4, 0.5) is 0 Å². The Morgan fingerprint density at radius 3 is 2.47 bits per heavy atom. The second-order valence-corrected chi connectivity index (χ2v) is 5.88. The van der Waals surface area contributed by atoms with E-state index >= 15 is 0 Å². The summed E-state index contributed by atoms with van der Waals surface area (Å²) in [4.78, 5) is 1.45. The highest BCUT2D eigenvalue weighted by molar-refractivity contribution is 7.99. The third-order valence-electron chi connectivity index (χ3n) is 2.51. The second kappa shape index (κ2) is 9.29. The average Bonchev–Trinajstić information content (AvgIpc) is 2.75. The Kier molecular flexibility index (Phi) is 8.12. The molecule has 0 amide bonds. The molecular weight excluding hydrogens is 220 g/mol. The summed E-state index contributed by atoms with van der Waals surface area (Å²) in [6.45, 7) is 2.28. The van der Waals surface area contributed by atoms with E-state index in [-0.39, 0.29) is 0 Å². The van der Waals surface area contributed by atoms with Crippen molar-refractivity contribution in [2.75, 3.05) is 5.75 Å². The first kappa shape index (κ1) is 13.1. The van der Waals surface area contributed by atoms with E-state index in [1.807, 2.05) is 11.8 Å². The van der Waals surface area contributed by atoms with Crippen LogP contribution in [-0.2, 0) is 0 Å². The van der Waals surface area contributed by atoms with Gasteiger partial charge in [0.25, 0.3) is 0 Å². The van der Waals surface area contributed by atoms with Crippen molar-refractivity contribution < 1.29 is 0 Å². The molecule has 1 heterocycles. The van der Waals surface area contributed by atoms with Gasteiger partial charge in [0.05, 0.1) is 0 Å². The van der Waals surface area contributed by atoms with Gasteiger partial charge in [0, 0.05) is 10.3 Å². The van der Waals surface area contributed by atoms with Crippen LogP contribution in [0.15, 0.2) is 21.7 Å². The minimum absolute atomic E-state index is 1.30. The standard InChI is InChI=1S/C13H22S2/c1-2-3-4-5-6-7-8-10-15-13-9-11-14-12-13/h9,11-12H,2-8,10H2,1H3. The van der Waals surface area contributed by atoms with Gasteiger partial charge < -0.3 is 0 Å². The lowest BCUT2D eigenvalue weighted by atomic mass is 10.1. The van der Waals surface area contributed by atoms with Crippen molar-refractivity contribution in [2.45, 2.75) is 56.8 Å². The first-order valence-electron chi connectivity index (χ1n) is 6.08. The summed E-state index contributed by atoms with van der Waals surface area (Å²) in [6, 6.07) is 2.22. The molecule has 15 heavy (non-hydrogen) atoms. The van der Waals surface area contributed by atoms with E-state index < -0.39 is 0 Å². The summed E-state index contributed by atoms with van der Waals surface area (Å²) in [6.07, 6.45) is 9.89. The predicted octanol–water partition coefficient (Wildman–Crippen LogP) is 5.59. The topological polar surface area (TPSA) is 0 Å². The van der Waals surface area contributed by atoms with Gasteiger partial charge >= 0.3 is 0 Å². The summed E-state index contributed by atoms with van der Waals surface area (Å²) in [7, 11) is 0. The third kappa shape index (κ3) is 7.02. The smallest absolute Gasteiger partial charge is 0.0179 e. The molecule has 0 nitrogen and oxygen atoms in total. The Morgan fingerprint density at radius 1 is 1.07 bits per heavy atom. The number of hydrogen-bond acceptors (Lipinski definition) is 2. The zero-order chi connectivity index (χ0) is 10.8. The summed E-state index contributed by atoms with van der Waals surface area (Å²) in [5.41, 5.74) is 0. The van der Waals surface area contributed by atoms with Gasteiger partial charge in [0.1, 0.15) is 0 Å². The van der Waals surface area contributed by atoms with Crippen molar-refractivity contribution in [3.05, 3.63) is 16.8 Å². The molecule has 0 N–H and O–H groups in total. The number of unbranched alkanes of at least 4 members (excludes halogenated alkanes) is 6. The number of hydrogen-bond donors (Lipinski definition) is 0. The molecule has 0 bridgehead atoms. The Bertz CT molecular complexity index is 216. The maximum absolute atomic E-state index is 2.28. The normalized spacial score (nSPS) is 10.7. The van der Waals surface area contributed by atoms with Crippen molar-refractivity contribution in [3.8, 4) is 0 Å². The fourth-order valence-corrected chi connectivity index (χ4v) is 3.37. The van der Waals surface area contributed by atoms with Crippen molar-refractivity contribution in [2.24, 2.45) is 0 Å². The highest BCUT2D eigenvalue weighted by Crippen LogP contribution is 2.22. The monoisotopic (exact) mass is 242 g/mol. The van der Waals surface area contributed by atoms with E-state index in [0.29, 0.717) is 0 Å². The van der Waals surface area contributed by atoms with Crippen LogP contribution in [0, 0.1) is 0 Å². The molecule has 2 heteroatoms. The first-order chi connectivity index (χ1) is 7.43. The summed E-state index contributed by atoms with van der Waals surface area (Å²) >= 11 is 3.80. The molecule has 0 aliphatic rings. The molecule has 0 aliphatic carbocycles. The van der Waals surface area contributed by atoms with Crippen LogP contribution in [0.3, 0.4) is 0 Å². The number of thiophene rings is 1. The molecule has 0 aliphatic heterocycles. The number of thioether (sulfide) groups is 1. The molecule has 0 aromatic carbocycles. The molecule has 0 saturated carbocycles. The fraction of sp³-hybridized carbons (Fsp3) is 0.692. The van der Waals surface area contributed by atoms with Gasteiger partial charge in [-0.05, 0) is 23.6 Å². The molecule has 0 unspecified atom stereocenters. The van der Waals surface area contributed by atoms with Crippen LogP contribution in [0.2, 0.25) is 0 Å². The molecule has 86 valence electrons. The van der Waals surface area contributed by atoms with Crippen molar-refractivity contribution in [1.29, 1.82) is 0 Å². The van der Waals surface area contributed by atoms with E-state index in [1.54, 1.807) is 11.3 Å². The van der Waals surface area contributed by atoms with E-state index in [9.17, 15) is 0 Å². The van der Waals surface area contributed by atoms with E-state index in [4.69, 9.17) is 0 Å². The molecular formula is C13H22S2. The predicted molar refractivity (Wildman–Crippen MR) is 73.0 cm³/mol. The summed E-state index contributed by atoms with van der Waals surface area (Å²) < 4.78 is 0. The van der Waals surface area contributed by atoms with Crippen LogP contribution in [0.25, 0.3) is 0 Å². The van der Waals surface area contributed by atoms with E-state index in [2.05, 4.69) is 23.8 Å². The lowest BCUT2D eigenvalue weighted by Gasteiger charge is -2.00. The lowest BCUT2D eigenvalue weighted by molar-refractivity contribution is 0.603. The van der Waals surface area contributed by atoms with Crippen LogP contribution >= 0.6 is 23.1 Å². The van der Waals surface area contributed by atoms with E-state index in [1.165, 1.54) is 55.6 Å². The molecule has 0 fully saturated rings. The zero-order valence-electron chi connectivity index (χ0n) is 9.71. The molecule has 1 rings (SSSR count). The second-order valence-electron chi connectivity index (χ2n) is 3.93. The largest absolute Gasteiger partial charge is 0.151 e. The molecule has 0 saturated heterocycles. The van der Waals surface area contributed by atoms with E-state index in [0.717, 1.165) is 0 Å². The Labute approximate surface area is 102 Å². The maximum Gasteiger partial charge on any atom is 0.0179 e. The van der Waals surface area contributed by atoms with Gasteiger partial charge in [-0.25, -0.2) is 0 Å². The van der Waals surface area contributed by atoms with Crippen molar-refractivity contribution in [1.82, 2.24) is 0 Å². The zero-order valence-corrected chi connectivity index (χ0v) is 11.3. The van der Waals surface area contributed by atoms with Crippen LogP contribution in [0.1, 0.15) is 51.9 Å². The average molecular weight is 242 g/mol. The molecule has 0 radical (unpaired) electrons. The van der Waals surface area contributed by atoms with Gasteiger partial charge in [0.15, 0.2) is 0 Å². The maximum atomic E-state index is 2.28. The fourth-order valence-electron chi connectivity index (χ4n) is 1.58. The van der Waals surface area contributed by atoms with Gasteiger partial charge in [-0.2, -0.15) is 11.3 Å². The Morgan fingerprint density at radius 2 is 1.80 bits per heavy atom. The minimum Gasteiger partial charge on any atom is -0.151 e. The van der Waals surface area contributed by atoms with Crippen LogP contribution in [-0.4, -0.2) is 5.75 Å². The van der Waals surface area contributed by atoms with Crippen molar-refractivity contribution in [3.63, 3.8) is 0 Å².